The molecule has 2 aromatic rings. The van der Waals surface area contributed by atoms with E-state index in [0.29, 0.717) is 21.2 Å². The Morgan fingerprint density at radius 2 is 1.85 bits per heavy atom. The molecule has 2 amide bonds. The maximum absolute atomic E-state index is 12.7. The van der Waals surface area contributed by atoms with Crippen LogP contribution in [-0.2, 0) is 0 Å². The molecule has 1 aromatic heterocycles. The van der Waals surface area contributed by atoms with Crippen LogP contribution in [0.15, 0.2) is 35.7 Å². The molecule has 1 aromatic carbocycles. The van der Waals surface area contributed by atoms with Gasteiger partial charge in [0.05, 0.1) is 40.6 Å². The summed E-state index contributed by atoms with van der Waals surface area (Å²) in [5.74, 6) is -0.629. The zero-order valence-corrected chi connectivity index (χ0v) is 15.3. The molecular weight excluding hydrogens is 372 g/mol. The molecule has 0 unspecified atom stereocenters. The lowest BCUT2D eigenvalue weighted by molar-refractivity contribution is 0.0762. The minimum Gasteiger partial charge on any atom is -0.337 e. The van der Waals surface area contributed by atoms with E-state index in [4.69, 9.17) is 22.1 Å². The Labute approximate surface area is 160 Å². The van der Waals surface area contributed by atoms with Gasteiger partial charge in [0.15, 0.2) is 0 Å². The predicted octanol–water partition coefficient (Wildman–Crippen LogP) is 3.92. The molecule has 0 spiro atoms. The van der Waals surface area contributed by atoms with Crippen LogP contribution in [0.2, 0.25) is 5.02 Å². The van der Waals surface area contributed by atoms with E-state index < -0.39 is 0 Å². The summed E-state index contributed by atoms with van der Waals surface area (Å²) in [5, 5.41) is 22.3. The van der Waals surface area contributed by atoms with Crippen LogP contribution in [0.1, 0.15) is 32.9 Å². The van der Waals surface area contributed by atoms with Gasteiger partial charge in [0.2, 0.25) is 0 Å². The third-order valence-corrected chi connectivity index (χ3v) is 4.68. The van der Waals surface area contributed by atoms with Crippen molar-refractivity contribution in [3.63, 3.8) is 0 Å². The van der Waals surface area contributed by atoms with Crippen molar-refractivity contribution in [2.45, 2.75) is 12.8 Å². The summed E-state index contributed by atoms with van der Waals surface area (Å²) in [5.41, 5.74) is 0.656. The molecule has 0 aliphatic heterocycles. The Kier molecular flexibility index (Phi) is 7.16. The highest BCUT2D eigenvalue weighted by atomic mass is 35.5. The Balaban J connectivity index is 2.20. The number of nitrogens with zero attached hydrogens (tertiary/aromatic N) is 3. The Morgan fingerprint density at radius 3 is 2.42 bits per heavy atom. The first kappa shape index (κ1) is 19.5. The predicted molar refractivity (Wildman–Crippen MR) is 100 cm³/mol. The summed E-state index contributed by atoms with van der Waals surface area (Å²) < 4.78 is 0. The van der Waals surface area contributed by atoms with Gasteiger partial charge in [-0.05, 0) is 29.6 Å². The molecular formula is C18H15ClN4O2S. The van der Waals surface area contributed by atoms with Gasteiger partial charge < -0.3 is 10.2 Å². The second-order valence-electron chi connectivity index (χ2n) is 5.23. The van der Waals surface area contributed by atoms with Gasteiger partial charge in [-0.3, -0.25) is 9.59 Å². The van der Waals surface area contributed by atoms with E-state index in [-0.39, 0.29) is 37.7 Å². The highest BCUT2D eigenvalue weighted by molar-refractivity contribution is 7.12. The summed E-state index contributed by atoms with van der Waals surface area (Å²) in [7, 11) is 0. The molecule has 26 heavy (non-hydrogen) atoms. The molecule has 0 radical (unpaired) electrons. The second kappa shape index (κ2) is 9.57. The van der Waals surface area contributed by atoms with E-state index >= 15 is 0 Å². The van der Waals surface area contributed by atoms with Crippen LogP contribution in [-0.4, -0.2) is 29.8 Å². The number of rotatable bonds is 7. The average Bonchev–Trinajstić information content (AvgIpc) is 3.18. The highest BCUT2D eigenvalue weighted by Gasteiger charge is 2.18. The molecule has 1 N–H and O–H groups in total. The molecule has 0 saturated carbocycles. The van der Waals surface area contributed by atoms with Gasteiger partial charge in [-0.1, -0.05) is 17.7 Å². The fraction of sp³-hybridized carbons (Fsp3) is 0.222. The molecule has 8 heteroatoms. The number of nitrogens with one attached hydrogen (secondary N) is 1. The summed E-state index contributed by atoms with van der Waals surface area (Å²) in [6, 6.07) is 12.0. The number of amides is 2. The van der Waals surface area contributed by atoms with Crippen molar-refractivity contribution in [3.8, 4) is 12.1 Å². The van der Waals surface area contributed by atoms with Crippen molar-refractivity contribution < 1.29 is 9.59 Å². The lowest BCUT2D eigenvalue weighted by Crippen LogP contribution is -2.32. The van der Waals surface area contributed by atoms with Crippen molar-refractivity contribution >= 4 is 40.4 Å². The van der Waals surface area contributed by atoms with Gasteiger partial charge in [0, 0.05) is 18.7 Å². The van der Waals surface area contributed by atoms with E-state index in [1.54, 1.807) is 23.6 Å². The Morgan fingerprint density at radius 1 is 1.15 bits per heavy atom. The fourth-order valence-electron chi connectivity index (χ4n) is 2.21. The minimum absolute atomic E-state index is 0.173. The average molecular weight is 387 g/mol. The molecule has 0 saturated heterocycles. The Hall–Kier alpha value is -2.87. The number of carbonyl (C=O) groups excluding carboxylic acids is 2. The van der Waals surface area contributed by atoms with Gasteiger partial charge in [-0.15, -0.1) is 11.3 Å². The lowest BCUT2D eigenvalue weighted by atomic mass is 10.1. The van der Waals surface area contributed by atoms with Gasteiger partial charge in [-0.25, -0.2) is 0 Å². The number of anilines is 1. The maximum atomic E-state index is 12.7. The van der Waals surface area contributed by atoms with E-state index in [0.717, 1.165) is 0 Å². The van der Waals surface area contributed by atoms with Crippen LogP contribution in [0.25, 0.3) is 0 Å². The first-order valence-corrected chi connectivity index (χ1v) is 9.00. The normalized spacial score (nSPS) is 9.81. The number of halogens is 1. The highest BCUT2D eigenvalue weighted by Crippen LogP contribution is 2.25. The fourth-order valence-corrected chi connectivity index (χ4v) is 3.00. The van der Waals surface area contributed by atoms with Gasteiger partial charge in [0.25, 0.3) is 11.8 Å². The van der Waals surface area contributed by atoms with Crippen LogP contribution in [0, 0.1) is 22.7 Å². The van der Waals surface area contributed by atoms with E-state index in [1.807, 2.05) is 12.1 Å². The third-order valence-electron chi connectivity index (χ3n) is 3.48. The van der Waals surface area contributed by atoms with Crippen LogP contribution >= 0.6 is 22.9 Å². The van der Waals surface area contributed by atoms with Crippen LogP contribution in [0.3, 0.4) is 0 Å². The zero-order chi connectivity index (χ0) is 18.9. The van der Waals surface area contributed by atoms with Gasteiger partial charge >= 0.3 is 0 Å². The summed E-state index contributed by atoms with van der Waals surface area (Å²) in [4.78, 5) is 26.9. The smallest absolute Gasteiger partial charge is 0.265 e. The zero-order valence-electron chi connectivity index (χ0n) is 13.7. The van der Waals surface area contributed by atoms with Gasteiger partial charge in [0.1, 0.15) is 0 Å². The first-order chi connectivity index (χ1) is 12.6. The summed E-state index contributed by atoms with van der Waals surface area (Å²) in [6.07, 6.45) is 0.347. The Bertz CT molecular complexity index is 850. The number of hydrogen-bond donors (Lipinski definition) is 1. The molecule has 0 fully saturated rings. The van der Waals surface area contributed by atoms with Crippen molar-refractivity contribution in [3.05, 3.63) is 51.2 Å². The molecule has 1 heterocycles. The quantitative estimate of drug-likeness (QED) is 0.779. The van der Waals surface area contributed by atoms with Crippen LogP contribution in [0.5, 0.6) is 0 Å². The second-order valence-corrected chi connectivity index (χ2v) is 6.59. The number of benzene rings is 1. The maximum Gasteiger partial charge on any atom is 0.265 e. The van der Waals surface area contributed by atoms with E-state index in [9.17, 15) is 9.59 Å². The topological polar surface area (TPSA) is 97.0 Å². The molecule has 2 rings (SSSR count). The first-order valence-electron chi connectivity index (χ1n) is 7.74. The molecule has 0 atom stereocenters. The number of carbonyl (C=O) groups is 2. The van der Waals surface area contributed by atoms with E-state index in [2.05, 4.69) is 5.32 Å². The largest absolute Gasteiger partial charge is 0.337 e. The number of nitriles is 2. The summed E-state index contributed by atoms with van der Waals surface area (Å²) >= 11 is 7.43. The molecule has 6 nitrogen and oxygen atoms in total. The monoisotopic (exact) mass is 386 g/mol. The lowest BCUT2D eigenvalue weighted by Gasteiger charge is -2.21. The minimum atomic E-state index is -0.321. The van der Waals surface area contributed by atoms with Crippen molar-refractivity contribution in [2.75, 3.05) is 18.4 Å². The number of hydrogen-bond acceptors (Lipinski definition) is 5. The standard InChI is InChI=1S/C18H15ClN4O2S/c19-14-6-5-13(18(25)23(9-2-7-20)10-3-8-21)12-15(14)22-17(24)16-4-1-11-26-16/h1,4-6,11-12H,2-3,9-10H2,(H,22,24). The molecule has 0 aliphatic carbocycles. The summed E-state index contributed by atoms with van der Waals surface area (Å²) in [6.45, 7) is 0.465. The molecule has 0 bridgehead atoms. The van der Waals surface area contributed by atoms with Crippen molar-refractivity contribution in [1.29, 1.82) is 10.5 Å². The van der Waals surface area contributed by atoms with Crippen molar-refractivity contribution in [2.24, 2.45) is 0 Å². The van der Waals surface area contributed by atoms with Gasteiger partial charge in [-0.2, -0.15) is 10.5 Å². The van der Waals surface area contributed by atoms with E-state index in [1.165, 1.54) is 28.4 Å². The van der Waals surface area contributed by atoms with Crippen LogP contribution in [0.4, 0.5) is 5.69 Å². The molecule has 0 aliphatic rings. The van der Waals surface area contributed by atoms with Crippen molar-refractivity contribution in [1.82, 2.24) is 4.90 Å². The van der Waals surface area contributed by atoms with Crippen LogP contribution < -0.4 is 5.32 Å². The molecule has 132 valence electrons. The number of thiophene rings is 1. The SMILES string of the molecule is N#CCCN(CCC#N)C(=O)c1ccc(Cl)c(NC(=O)c2cccs2)c1. The third kappa shape index (κ3) is 5.06.